The van der Waals surface area contributed by atoms with Crippen LogP contribution in [0.1, 0.15) is 22.3 Å². The molecule has 0 heterocycles. The highest BCUT2D eigenvalue weighted by atomic mass is 16.6. The third kappa shape index (κ3) is 7.22. The Bertz CT molecular complexity index is 1590. The van der Waals surface area contributed by atoms with E-state index in [1.807, 2.05) is 24.3 Å². The van der Waals surface area contributed by atoms with Gasteiger partial charge in [-0.1, -0.05) is 70.8 Å². The molecule has 0 bridgehead atoms. The van der Waals surface area contributed by atoms with E-state index in [-0.39, 0.29) is 7.69 Å². The number of aryl methyl sites for hydroxylation is 4. The third-order valence-corrected chi connectivity index (χ3v) is 7.81. The summed E-state index contributed by atoms with van der Waals surface area (Å²) in [7, 11) is 0.109. The van der Waals surface area contributed by atoms with Gasteiger partial charge >= 0.3 is 7.69 Å². The first kappa shape index (κ1) is 29.6. The van der Waals surface area contributed by atoms with Crippen molar-refractivity contribution in [3.8, 4) is 11.5 Å². The summed E-state index contributed by atoms with van der Waals surface area (Å²) in [6.07, 6.45) is 0. The van der Waals surface area contributed by atoms with Crippen molar-refractivity contribution in [2.24, 2.45) is 0 Å². The van der Waals surface area contributed by atoms with Crippen molar-refractivity contribution in [1.82, 2.24) is 0 Å². The van der Waals surface area contributed by atoms with Gasteiger partial charge in [0.05, 0.1) is 0 Å². The minimum atomic E-state index is 0.109. The molecule has 0 aliphatic carbocycles. The van der Waals surface area contributed by atoms with Crippen LogP contribution in [0.15, 0.2) is 146 Å². The van der Waals surface area contributed by atoms with Gasteiger partial charge in [0.2, 0.25) is 0 Å². The summed E-state index contributed by atoms with van der Waals surface area (Å²) in [6, 6.07) is 50.6. The van der Waals surface area contributed by atoms with E-state index in [1.54, 1.807) is 0 Å². The summed E-state index contributed by atoms with van der Waals surface area (Å²) < 4.78 is 12.0. The summed E-state index contributed by atoms with van der Waals surface area (Å²) in [5, 5.41) is 0. The zero-order valence-electron chi connectivity index (χ0n) is 26.3. The first-order chi connectivity index (χ1) is 21.9. The van der Waals surface area contributed by atoms with Crippen molar-refractivity contribution < 1.29 is 9.31 Å². The van der Waals surface area contributed by atoms with Gasteiger partial charge in [-0.2, -0.15) is 0 Å². The Morgan fingerprint density at radius 2 is 0.511 bits per heavy atom. The second-order valence-electron chi connectivity index (χ2n) is 11.4. The molecule has 0 unspecified atom stereocenters. The molecule has 0 radical (unpaired) electrons. The molecule has 6 aromatic rings. The van der Waals surface area contributed by atoms with Gasteiger partial charge in [0, 0.05) is 34.1 Å². The van der Waals surface area contributed by atoms with E-state index in [9.17, 15) is 0 Å². The number of rotatable bonds is 10. The van der Waals surface area contributed by atoms with Crippen LogP contribution in [0.4, 0.5) is 34.1 Å². The Morgan fingerprint density at radius 3 is 0.733 bits per heavy atom. The maximum atomic E-state index is 5.98. The minimum absolute atomic E-state index is 0.109. The lowest BCUT2D eigenvalue weighted by molar-refractivity contribution is 0.459. The lowest BCUT2D eigenvalue weighted by Crippen LogP contribution is -2.12. The predicted molar refractivity (Wildman–Crippen MR) is 190 cm³/mol. The highest BCUT2D eigenvalue weighted by Crippen LogP contribution is 2.37. The molecule has 0 aromatic heterocycles. The number of anilines is 6. The van der Waals surface area contributed by atoms with Crippen LogP contribution in [0.5, 0.6) is 11.5 Å². The Labute approximate surface area is 267 Å². The molecule has 0 saturated carbocycles. The van der Waals surface area contributed by atoms with E-state index in [2.05, 4.69) is 159 Å². The molecule has 0 aliphatic rings. The molecule has 0 saturated heterocycles. The molecule has 6 rings (SSSR count). The molecule has 45 heavy (non-hydrogen) atoms. The van der Waals surface area contributed by atoms with E-state index < -0.39 is 0 Å². The molecule has 222 valence electrons. The van der Waals surface area contributed by atoms with Gasteiger partial charge in [-0.15, -0.1) is 0 Å². The zero-order chi connectivity index (χ0) is 31.2. The molecular formula is C40H37BN2O2. The second kappa shape index (κ2) is 13.5. The summed E-state index contributed by atoms with van der Waals surface area (Å²) in [5.74, 6) is 1.49. The average molecular weight is 589 g/mol. The maximum absolute atomic E-state index is 5.98. The Morgan fingerprint density at radius 1 is 0.311 bits per heavy atom. The smallest absolute Gasteiger partial charge is 0.529 e. The standard InChI is InChI=1S/C40H37BN2O2/c1-29-5-13-33(14-6-29)42(34-15-7-30(2)8-16-34)37-21-25-39(26-22-37)44-41-45-40-27-23-38(24-28-40)43(35-17-9-31(3)10-18-35)36-19-11-32(4)12-20-36/h5-28,41H,1-4H3. The maximum Gasteiger partial charge on any atom is 0.576 e. The van der Waals surface area contributed by atoms with Gasteiger partial charge in [0.15, 0.2) is 0 Å². The lowest BCUT2D eigenvalue weighted by atomic mass is 10.1. The molecule has 0 aliphatic heterocycles. The predicted octanol–water partition coefficient (Wildman–Crippen LogP) is 10.6. The molecule has 0 spiro atoms. The zero-order valence-corrected chi connectivity index (χ0v) is 26.3. The first-order valence-electron chi connectivity index (χ1n) is 15.3. The molecule has 0 amide bonds. The van der Waals surface area contributed by atoms with Crippen LogP contribution < -0.4 is 19.1 Å². The Balaban J connectivity index is 1.13. The number of nitrogens with zero attached hydrogens (tertiary/aromatic N) is 2. The highest BCUT2D eigenvalue weighted by molar-refractivity contribution is 6.20. The van der Waals surface area contributed by atoms with Gasteiger partial charge in [-0.25, -0.2) is 0 Å². The van der Waals surface area contributed by atoms with Gasteiger partial charge in [0.25, 0.3) is 0 Å². The van der Waals surface area contributed by atoms with E-state index in [0.717, 1.165) is 45.6 Å². The fourth-order valence-corrected chi connectivity index (χ4v) is 5.22. The van der Waals surface area contributed by atoms with Crippen molar-refractivity contribution in [1.29, 1.82) is 0 Å². The Kier molecular flexibility index (Phi) is 8.88. The van der Waals surface area contributed by atoms with Crippen LogP contribution in [0, 0.1) is 27.7 Å². The summed E-state index contributed by atoms with van der Waals surface area (Å²) in [5.41, 5.74) is 11.5. The largest absolute Gasteiger partial charge is 0.576 e. The average Bonchev–Trinajstić information content (AvgIpc) is 3.06. The number of hydrogen-bond acceptors (Lipinski definition) is 4. The van der Waals surface area contributed by atoms with E-state index in [0.29, 0.717) is 0 Å². The second-order valence-corrected chi connectivity index (χ2v) is 11.4. The lowest BCUT2D eigenvalue weighted by Gasteiger charge is -2.26. The van der Waals surface area contributed by atoms with Gasteiger partial charge in [-0.05, 0) is 125 Å². The number of hydrogen-bond donors (Lipinski definition) is 0. The van der Waals surface area contributed by atoms with Crippen molar-refractivity contribution >= 4 is 41.8 Å². The van der Waals surface area contributed by atoms with Crippen molar-refractivity contribution in [2.75, 3.05) is 9.80 Å². The highest BCUT2D eigenvalue weighted by Gasteiger charge is 2.14. The molecule has 6 aromatic carbocycles. The topological polar surface area (TPSA) is 24.9 Å². The summed E-state index contributed by atoms with van der Waals surface area (Å²) >= 11 is 0. The molecule has 4 nitrogen and oxygen atoms in total. The van der Waals surface area contributed by atoms with Crippen LogP contribution in [-0.4, -0.2) is 7.69 Å². The van der Waals surface area contributed by atoms with Crippen LogP contribution in [-0.2, 0) is 0 Å². The Hall–Kier alpha value is -5.42. The number of benzene rings is 6. The molecule has 0 fully saturated rings. The van der Waals surface area contributed by atoms with Crippen LogP contribution in [0.25, 0.3) is 0 Å². The van der Waals surface area contributed by atoms with Gasteiger partial charge in [-0.3, -0.25) is 0 Å². The molecule has 5 heteroatoms. The van der Waals surface area contributed by atoms with Crippen LogP contribution in [0.3, 0.4) is 0 Å². The van der Waals surface area contributed by atoms with E-state index in [1.165, 1.54) is 22.3 Å². The van der Waals surface area contributed by atoms with Crippen molar-refractivity contribution in [3.05, 3.63) is 168 Å². The fraction of sp³-hybridized carbons (Fsp3) is 0.100. The fourth-order valence-electron chi connectivity index (χ4n) is 5.22. The van der Waals surface area contributed by atoms with Gasteiger partial charge < -0.3 is 19.1 Å². The molecular weight excluding hydrogens is 551 g/mol. The normalized spacial score (nSPS) is 10.7. The van der Waals surface area contributed by atoms with E-state index >= 15 is 0 Å². The first-order valence-corrected chi connectivity index (χ1v) is 15.3. The quantitative estimate of drug-likeness (QED) is 0.149. The van der Waals surface area contributed by atoms with Crippen LogP contribution in [0.2, 0.25) is 0 Å². The minimum Gasteiger partial charge on any atom is -0.529 e. The monoisotopic (exact) mass is 588 g/mol. The van der Waals surface area contributed by atoms with E-state index in [4.69, 9.17) is 9.31 Å². The van der Waals surface area contributed by atoms with Crippen molar-refractivity contribution in [3.63, 3.8) is 0 Å². The van der Waals surface area contributed by atoms with Gasteiger partial charge in [0.1, 0.15) is 11.5 Å². The SMILES string of the molecule is Cc1ccc(N(c2ccc(C)cc2)c2ccc(OBOc3ccc(N(c4ccc(C)cc4)c4ccc(C)cc4)cc3)cc2)cc1. The molecule has 0 atom stereocenters. The summed E-state index contributed by atoms with van der Waals surface area (Å²) in [4.78, 5) is 4.49. The summed E-state index contributed by atoms with van der Waals surface area (Å²) in [6.45, 7) is 8.42. The molecule has 0 N–H and O–H groups in total. The third-order valence-electron chi connectivity index (χ3n) is 7.81. The van der Waals surface area contributed by atoms with Crippen LogP contribution >= 0.6 is 0 Å². The van der Waals surface area contributed by atoms with Crippen molar-refractivity contribution in [2.45, 2.75) is 27.7 Å².